The third-order valence-corrected chi connectivity index (χ3v) is 2.46. The van der Waals surface area contributed by atoms with Gasteiger partial charge in [-0.05, 0) is 18.2 Å². The van der Waals surface area contributed by atoms with Crippen molar-refractivity contribution in [1.82, 2.24) is 4.98 Å². The molecule has 1 aromatic carbocycles. The summed E-state index contributed by atoms with van der Waals surface area (Å²) >= 11 is 1.38. The van der Waals surface area contributed by atoms with Gasteiger partial charge in [0, 0.05) is 11.6 Å². The number of aromatic nitrogens is 1. The number of nitriles is 1. The molecule has 0 atom stereocenters. The second-order valence-electron chi connectivity index (χ2n) is 2.77. The van der Waals surface area contributed by atoms with Crippen LogP contribution in [0.1, 0.15) is 5.56 Å². The predicted octanol–water partition coefficient (Wildman–Crippen LogP) is 2.90. The quantitative estimate of drug-likeness (QED) is 0.844. The Balaban J connectivity index is 2.27. The normalized spacial score (nSPS) is 9.60. The minimum absolute atomic E-state index is 0.303. The fraction of sp³-hybridized carbons (Fsp3) is 0. The van der Waals surface area contributed by atoms with Crippen LogP contribution in [0.3, 0.4) is 0 Å². The van der Waals surface area contributed by atoms with E-state index >= 15 is 0 Å². The van der Waals surface area contributed by atoms with Crippen LogP contribution in [-0.4, -0.2) is 4.98 Å². The van der Waals surface area contributed by atoms with Crippen LogP contribution in [-0.2, 0) is 0 Å². The Labute approximate surface area is 89.8 Å². The predicted molar refractivity (Wildman–Crippen MR) is 56.5 cm³/mol. The van der Waals surface area contributed by atoms with Crippen molar-refractivity contribution in [1.29, 1.82) is 5.26 Å². The summed E-state index contributed by atoms with van der Waals surface area (Å²) < 4.78 is 13.4. The van der Waals surface area contributed by atoms with Gasteiger partial charge in [0.05, 0.1) is 17.3 Å². The molecule has 15 heavy (non-hydrogen) atoms. The molecule has 0 fully saturated rings. The maximum absolute atomic E-state index is 13.4. The van der Waals surface area contributed by atoms with Crippen molar-refractivity contribution >= 4 is 22.2 Å². The van der Waals surface area contributed by atoms with E-state index in [9.17, 15) is 4.39 Å². The highest BCUT2D eigenvalue weighted by atomic mass is 32.1. The largest absolute Gasteiger partial charge is 0.329 e. The highest BCUT2D eigenvalue weighted by Gasteiger charge is 2.04. The van der Waals surface area contributed by atoms with E-state index < -0.39 is 5.82 Å². The first kappa shape index (κ1) is 9.62. The van der Waals surface area contributed by atoms with Crippen molar-refractivity contribution < 1.29 is 4.39 Å². The minimum atomic E-state index is -0.454. The van der Waals surface area contributed by atoms with Crippen molar-refractivity contribution in [2.24, 2.45) is 0 Å². The SMILES string of the molecule is N#Cc1ccc(Nc2nccs2)c(F)c1. The second kappa shape index (κ2) is 4.07. The number of nitrogens with one attached hydrogen (secondary N) is 1. The van der Waals surface area contributed by atoms with Gasteiger partial charge in [0.2, 0.25) is 0 Å². The summed E-state index contributed by atoms with van der Waals surface area (Å²) in [6.45, 7) is 0. The first-order valence-corrected chi connectivity index (χ1v) is 5.04. The Bertz CT molecular complexity index is 502. The molecule has 74 valence electrons. The molecule has 2 rings (SSSR count). The molecule has 0 amide bonds. The molecule has 2 aromatic rings. The maximum atomic E-state index is 13.4. The van der Waals surface area contributed by atoms with Gasteiger partial charge in [-0.3, -0.25) is 0 Å². The lowest BCUT2D eigenvalue weighted by molar-refractivity contribution is 0.631. The molecule has 1 heterocycles. The van der Waals surface area contributed by atoms with E-state index in [0.29, 0.717) is 16.4 Å². The van der Waals surface area contributed by atoms with E-state index in [2.05, 4.69) is 10.3 Å². The molecular formula is C10H6FN3S. The molecule has 0 saturated heterocycles. The van der Waals surface area contributed by atoms with Gasteiger partial charge in [0.1, 0.15) is 5.82 Å². The minimum Gasteiger partial charge on any atom is -0.329 e. The van der Waals surface area contributed by atoms with Gasteiger partial charge in [0.15, 0.2) is 5.13 Å². The smallest absolute Gasteiger partial charge is 0.187 e. The average molecular weight is 219 g/mol. The molecule has 0 radical (unpaired) electrons. The van der Waals surface area contributed by atoms with E-state index in [-0.39, 0.29) is 0 Å². The molecule has 0 spiro atoms. The highest BCUT2D eigenvalue weighted by Crippen LogP contribution is 2.21. The molecule has 1 N–H and O–H groups in total. The van der Waals surface area contributed by atoms with Crippen LogP contribution in [0.15, 0.2) is 29.8 Å². The van der Waals surface area contributed by atoms with Gasteiger partial charge in [-0.2, -0.15) is 5.26 Å². The van der Waals surface area contributed by atoms with E-state index in [1.54, 1.807) is 17.6 Å². The van der Waals surface area contributed by atoms with Crippen molar-refractivity contribution in [2.75, 3.05) is 5.32 Å². The maximum Gasteiger partial charge on any atom is 0.187 e. The van der Waals surface area contributed by atoms with Gasteiger partial charge < -0.3 is 5.32 Å². The van der Waals surface area contributed by atoms with Gasteiger partial charge in [-0.15, -0.1) is 11.3 Å². The molecule has 5 heteroatoms. The van der Waals surface area contributed by atoms with Crippen molar-refractivity contribution in [3.63, 3.8) is 0 Å². The van der Waals surface area contributed by atoms with Gasteiger partial charge >= 0.3 is 0 Å². The Kier molecular flexibility index (Phi) is 2.61. The summed E-state index contributed by atoms with van der Waals surface area (Å²) in [7, 11) is 0. The summed E-state index contributed by atoms with van der Waals surface area (Å²) in [5, 5.41) is 13.8. The molecule has 0 saturated carbocycles. The van der Waals surface area contributed by atoms with Crippen molar-refractivity contribution in [3.05, 3.63) is 41.2 Å². The van der Waals surface area contributed by atoms with Crippen LogP contribution in [0.4, 0.5) is 15.2 Å². The average Bonchev–Trinajstić information content (AvgIpc) is 2.74. The Morgan fingerprint density at radius 2 is 2.33 bits per heavy atom. The monoisotopic (exact) mass is 219 g/mol. The Morgan fingerprint density at radius 1 is 1.47 bits per heavy atom. The molecule has 0 bridgehead atoms. The lowest BCUT2D eigenvalue weighted by Crippen LogP contribution is -1.93. The van der Waals surface area contributed by atoms with Crippen LogP contribution in [0.2, 0.25) is 0 Å². The Hall–Kier alpha value is -1.93. The number of thiazole rings is 1. The van der Waals surface area contributed by atoms with Gasteiger partial charge in [-0.1, -0.05) is 0 Å². The van der Waals surface area contributed by atoms with E-state index in [0.717, 1.165) is 0 Å². The summed E-state index contributed by atoms with van der Waals surface area (Å²) in [5.41, 5.74) is 0.626. The number of rotatable bonds is 2. The molecular weight excluding hydrogens is 213 g/mol. The summed E-state index contributed by atoms with van der Waals surface area (Å²) in [6.07, 6.45) is 1.63. The standard InChI is InChI=1S/C10H6FN3S/c11-8-5-7(6-12)1-2-9(8)14-10-13-3-4-15-10/h1-5H,(H,13,14). The fourth-order valence-corrected chi connectivity index (χ4v) is 1.63. The number of anilines is 2. The number of hydrogen-bond acceptors (Lipinski definition) is 4. The van der Waals surface area contributed by atoms with Crippen molar-refractivity contribution in [2.45, 2.75) is 0 Å². The zero-order valence-electron chi connectivity index (χ0n) is 7.57. The third kappa shape index (κ3) is 2.11. The molecule has 1 aromatic heterocycles. The van der Waals surface area contributed by atoms with E-state index in [4.69, 9.17) is 5.26 Å². The lowest BCUT2D eigenvalue weighted by Gasteiger charge is -2.03. The topological polar surface area (TPSA) is 48.7 Å². The number of benzene rings is 1. The van der Waals surface area contributed by atoms with E-state index in [1.165, 1.54) is 23.5 Å². The van der Waals surface area contributed by atoms with E-state index in [1.807, 2.05) is 6.07 Å². The molecule has 0 unspecified atom stereocenters. The number of halogens is 1. The van der Waals surface area contributed by atoms with Crippen molar-refractivity contribution in [3.8, 4) is 6.07 Å². The van der Waals surface area contributed by atoms with Crippen LogP contribution in [0.25, 0.3) is 0 Å². The van der Waals surface area contributed by atoms with Crippen LogP contribution in [0, 0.1) is 17.1 Å². The Morgan fingerprint density at radius 3 is 2.93 bits per heavy atom. The molecule has 0 aliphatic rings. The zero-order chi connectivity index (χ0) is 10.7. The van der Waals surface area contributed by atoms with Crippen LogP contribution in [0.5, 0.6) is 0 Å². The number of nitrogens with zero attached hydrogens (tertiary/aromatic N) is 2. The third-order valence-electron chi connectivity index (χ3n) is 1.77. The summed E-state index contributed by atoms with van der Waals surface area (Å²) in [4.78, 5) is 3.97. The lowest BCUT2D eigenvalue weighted by atomic mass is 10.2. The number of hydrogen-bond donors (Lipinski definition) is 1. The fourth-order valence-electron chi connectivity index (χ4n) is 1.09. The van der Waals surface area contributed by atoms with Gasteiger partial charge in [0.25, 0.3) is 0 Å². The molecule has 0 aliphatic heterocycles. The summed E-state index contributed by atoms with van der Waals surface area (Å²) in [5.74, 6) is -0.454. The van der Waals surface area contributed by atoms with Crippen LogP contribution >= 0.6 is 11.3 Å². The molecule has 3 nitrogen and oxygen atoms in total. The zero-order valence-corrected chi connectivity index (χ0v) is 8.38. The molecule has 0 aliphatic carbocycles. The first-order valence-electron chi connectivity index (χ1n) is 4.16. The summed E-state index contributed by atoms with van der Waals surface area (Å²) in [6, 6.07) is 6.14. The highest BCUT2D eigenvalue weighted by molar-refractivity contribution is 7.13. The van der Waals surface area contributed by atoms with Crippen LogP contribution < -0.4 is 5.32 Å². The van der Waals surface area contributed by atoms with Gasteiger partial charge in [-0.25, -0.2) is 9.37 Å². The first-order chi connectivity index (χ1) is 7.29. The second-order valence-corrected chi connectivity index (χ2v) is 3.66.